The van der Waals surface area contributed by atoms with Crippen molar-refractivity contribution in [2.45, 2.75) is 18.4 Å². The van der Waals surface area contributed by atoms with Gasteiger partial charge in [0.1, 0.15) is 17.0 Å². The number of amidine groups is 1. The van der Waals surface area contributed by atoms with E-state index in [0.29, 0.717) is 35.1 Å². The van der Waals surface area contributed by atoms with Gasteiger partial charge >= 0.3 is 0 Å². The van der Waals surface area contributed by atoms with E-state index in [0.717, 1.165) is 6.07 Å². The molecule has 0 fully saturated rings. The Morgan fingerprint density at radius 3 is 2.70 bits per heavy atom. The normalized spacial score (nSPS) is 19.0. The van der Waals surface area contributed by atoms with Gasteiger partial charge in [0.05, 0.1) is 0 Å². The first-order valence-corrected chi connectivity index (χ1v) is 10.9. The van der Waals surface area contributed by atoms with Crippen LogP contribution in [-0.2, 0) is 5.54 Å². The molecule has 170 valence electrons. The van der Waals surface area contributed by atoms with Crippen molar-refractivity contribution in [1.29, 1.82) is 0 Å². The zero-order valence-corrected chi connectivity index (χ0v) is 18.1. The summed E-state index contributed by atoms with van der Waals surface area (Å²) < 4.78 is 67.0. The number of thioether (sulfide) groups is 1. The average Bonchev–Trinajstić information content (AvgIpc) is 3.15. The molecular weight excluding hydrogens is 458 g/mol. The molecule has 0 radical (unpaired) electrons. The topological polar surface area (TPSA) is 69.7 Å². The number of hydrogen-bond acceptors (Lipinski definition) is 6. The fraction of sp³-hybridized carbons (Fsp3) is 0.217. The summed E-state index contributed by atoms with van der Waals surface area (Å²) >= 11 is 1.27. The number of hydrogen-bond donors (Lipinski definition) is 1. The molecule has 2 aliphatic heterocycles. The Morgan fingerprint density at radius 1 is 1.18 bits per heavy atom. The Balaban J connectivity index is 1.67. The highest BCUT2D eigenvalue weighted by Gasteiger charge is 2.47. The molecule has 1 aromatic heterocycles. The first kappa shape index (κ1) is 21.6. The maximum Gasteiger partial charge on any atom is 0.278 e. The van der Waals surface area contributed by atoms with Crippen LogP contribution < -0.4 is 15.2 Å². The van der Waals surface area contributed by atoms with Crippen molar-refractivity contribution in [2.75, 3.05) is 12.4 Å². The van der Waals surface area contributed by atoms with Crippen molar-refractivity contribution >= 4 is 16.9 Å². The van der Waals surface area contributed by atoms with E-state index in [9.17, 15) is 13.2 Å². The Hall–Kier alpha value is -3.27. The molecule has 1 spiro atoms. The highest BCUT2D eigenvalue weighted by Crippen LogP contribution is 2.55. The quantitative estimate of drug-likeness (QED) is 0.400. The van der Waals surface area contributed by atoms with Crippen LogP contribution in [0.1, 0.15) is 18.1 Å². The molecule has 2 aliphatic rings. The van der Waals surface area contributed by atoms with Crippen molar-refractivity contribution in [3.63, 3.8) is 0 Å². The van der Waals surface area contributed by atoms with Crippen molar-refractivity contribution in [1.82, 2.24) is 4.98 Å². The fourth-order valence-corrected chi connectivity index (χ4v) is 4.90. The smallest absolute Gasteiger partial charge is 0.278 e. The SMILES string of the molecule is CC(F)(F)COc1cc(F)c2c(c1)C1(CSC(N)=N1)c1cc(-c3cccnc3F)ccc1O2. The van der Waals surface area contributed by atoms with Crippen molar-refractivity contribution in [3.8, 4) is 28.4 Å². The number of benzene rings is 2. The third-order valence-corrected chi connectivity index (χ3v) is 6.34. The Labute approximate surface area is 190 Å². The molecule has 2 N–H and O–H groups in total. The number of rotatable bonds is 4. The van der Waals surface area contributed by atoms with Crippen LogP contribution >= 0.6 is 11.8 Å². The number of pyridine rings is 1. The first-order chi connectivity index (χ1) is 15.7. The highest BCUT2D eigenvalue weighted by atomic mass is 32.2. The number of ether oxygens (including phenoxy) is 2. The van der Waals surface area contributed by atoms with E-state index in [2.05, 4.69) is 9.98 Å². The highest BCUT2D eigenvalue weighted by molar-refractivity contribution is 8.14. The van der Waals surface area contributed by atoms with Crippen molar-refractivity contribution < 1.29 is 27.0 Å². The molecule has 33 heavy (non-hydrogen) atoms. The lowest BCUT2D eigenvalue weighted by Crippen LogP contribution is -2.31. The number of nitrogens with two attached hydrogens (primary N) is 1. The monoisotopic (exact) mass is 475 g/mol. The zero-order chi connectivity index (χ0) is 23.4. The number of halogens is 4. The maximum absolute atomic E-state index is 15.0. The van der Waals surface area contributed by atoms with Gasteiger partial charge in [0.25, 0.3) is 5.92 Å². The van der Waals surface area contributed by atoms with Crippen LogP contribution in [0.4, 0.5) is 17.6 Å². The number of nitrogens with zero attached hydrogens (tertiary/aromatic N) is 2. The summed E-state index contributed by atoms with van der Waals surface area (Å²) in [6.45, 7) is -0.208. The van der Waals surface area contributed by atoms with E-state index in [-0.39, 0.29) is 22.2 Å². The second kappa shape index (κ2) is 7.65. The van der Waals surface area contributed by atoms with Crippen LogP contribution in [0.3, 0.4) is 0 Å². The van der Waals surface area contributed by atoms with E-state index in [1.807, 2.05) is 0 Å². The fourth-order valence-electron chi connectivity index (χ4n) is 3.95. The van der Waals surface area contributed by atoms with Crippen molar-refractivity contribution in [2.24, 2.45) is 10.7 Å². The van der Waals surface area contributed by atoms with Gasteiger partial charge in [-0.2, -0.15) is 4.39 Å². The second-order valence-corrected chi connectivity index (χ2v) is 8.89. The maximum atomic E-state index is 15.0. The van der Waals surface area contributed by atoms with Crippen LogP contribution in [0.5, 0.6) is 17.2 Å². The van der Waals surface area contributed by atoms with Crippen LogP contribution in [0.2, 0.25) is 0 Å². The standard InChI is InChI=1S/C23H17F4N3O2S/c1-22(26,27)10-31-13-8-16-19(17(24)9-13)32-18-5-4-12(14-3-2-6-29-20(14)25)7-15(18)23(16)11-33-21(28)30-23/h2-9H,10-11H2,1H3,(H2,28,30). The molecule has 10 heteroatoms. The molecule has 0 saturated carbocycles. The minimum atomic E-state index is -3.10. The van der Waals surface area contributed by atoms with Gasteiger partial charge in [0.15, 0.2) is 23.3 Å². The second-order valence-electron chi connectivity index (χ2n) is 7.89. The molecule has 2 aromatic carbocycles. The van der Waals surface area contributed by atoms with Gasteiger partial charge < -0.3 is 15.2 Å². The van der Waals surface area contributed by atoms with Crippen LogP contribution in [-0.4, -0.2) is 28.4 Å². The molecule has 5 nitrogen and oxygen atoms in total. The van der Waals surface area contributed by atoms with Gasteiger partial charge in [-0.3, -0.25) is 0 Å². The lowest BCUT2D eigenvalue weighted by atomic mass is 9.80. The van der Waals surface area contributed by atoms with E-state index in [4.69, 9.17) is 15.2 Å². The third kappa shape index (κ3) is 3.78. The Kier molecular flexibility index (Phi) is 5.00. The summed E-state index contributed by atoms with van der Waals surface area (Å²) in [6, 6.07) is 10.6. The predicted octanol–water partition coefficient (Wildman–Crippen LogP) is 5.47. The minimum Gasteiger partial charge on any atom is -0.487 e. The summed E-state index contributed by atoms with van der Waals surface area (Å²) in [4.78, 5) is 8.30. The molecule has 0 aliphatic carbocycles. The van der Waals surface area contributed by atoms with E-state index in [1.54, 1.807) is 30.3 Å². The molecule has 5 rings (SSSR count). The number of aliphatic imine (C=N–C) groups is 1. The molecule has 3 aromatic rings. The Morgan fingerprint density at radius 2 is 2.00 bits per heavy atom. The lowest BCUT2D eigenvalue weighted by Gasteiger charge is -2.35. The summed E-state index contributed by atoms with van der Waals surface area (Å²) in [7, 11) is 0. The summed E-state index contributed by atoms with van der Waals surface area (Å²) in [5, 5.41) is 0.276. The van der Waals surface area contributed by atoms with Gasteiger partial charge in [-0.1, -0.05) is 17.8 Å². The molecule has 0 bridgehead atoms. The Bertz CT molecular complexity index is 1300. The molecule has 1 atom stereocenters. The lowest BCUT2D eigenvalue weighted by molar-refractivity contribution is -0.0231. The van der Waals surface area contributed by atoms with Gasteiger partial charge in [0, 0.05) is 41.6 Å². The largest absolute Gasteiger partial charge is 0.487 e. The molecule has 0 amide bonds. The van der Waals surface area contributed by atoms with E-state index < -0.39 is 29.8 Å². The molecular formula is C23H17F4N3O2S. The summed E-state index contributed by atoms with van der Waals surface area (Å²) in [5.41, 5.74) is 6.47. The van der Waals surface area contributed by atoms with Crippen LogP contribution in [0.15, 0.2) is 53.7 Å². The van der Waals surface area contributed by atoms with Gasteiger partial charge in [0.2, 0.25) is 5.95 Å². The van der Waals surface area contributed by atoms with E-state index >= 15 is 4.39 Å². The van der Waals surface area contributed by atoms with Gasteiger partial charge in [-0.05, 0) is 35.9 Å². The molecule has 3 heterocycles. The molecule has 0 saturated heterocycles. The van der Waals surface area contributed by atoms with Crippen molar-refractivity contribution in [3.05, 3.63) is 71.6 Å². The number of alkyl halides is 2. The first-order valence-electron chi connectivity index (χ1n) is 9.92. The number of fused-ring (bicyclic) bond motifs is 4. The minimum absolute atomic E-state index is 0.0840. The van der Waals surface area contributed by atoms with Crippen LogP contribution in [0, 0.1) is 11.8 Å². The van der Waals surface area contributed by atoms with Gasteiger partial charge in [-0.15, -0.1) is 0 Å². The zero-order valence-electron chi connectivity index (χ0n) is 17.2. The van der Waals surface area contributed by atoms with E-state index in [1.165, 1.54) is 24.0 Å². The average molecular weight is 475 g/mol. The summed E-state index contributed by atoms with van der Waals surface area (Å²) in [6.07, 6.45) is 1.35. The number of aromatic nitrogens is 1. The molecule has 1 unspecified atom stereocenters. The van der Waals surface area contributed by atoms with Gasteiger partial charge in [-0.25, -0.2) is 23.1 Å². The summed E-state index contributed by atoms with van der Waals surface area (Å²) in [5.74, 6) is -4.04. The predicted molar refractivity (Wildman–Crippen MR) is 117 cm³/mol. The van der Waals surface area contributed by atoms with Crippen LogP contribution in [0.25, 0.3) is 11.1 Å². The third-order valence-electron chi connectivity index (χ3n) is 5.39.